The lowest BCUT2D eigenvalue weighted by Crippen LogP contribution is -2.30. The Morgan fingerprint density at radius 1 is 1.27 bits per heavy atom. The van der Waals surface area contributed by atoms with Gasteiger partial charge >= 0.3 is 0 Å². The highest BCUT2D eigenvalue weighted by molar-refractivity contribution is 5.51. The smallest absolute Gasteiger partial charge is 0.257 e. The van der Waals surface area contributed by atoms with Crippen LogP contribution >= 0.6 is 0 Å². The Morgan fingerprint density at radius 2 is 2.09 bits per heavy atom. The van der Waals surface area contributed by atoms with E-state index in [0.29, 0.717) is 18.3 Å². The van der Waals surface area contributed by atoms with E-state index in [2.05, 4.69) is 27.5 Å². The van der Waals surface area contributed by atoms with Gasteiger partial charge in [0.15, 0.2) is 5.82 Å². The standard InChI is InChI=1S/C16H19N5O/c1-12-8-18-21(10-12)11-13(2)17-9-15-19-16(22-20-15)14-6-4-3-5-7-14/h3-8,10,13,17H,9,11H2,1-2H3/t13-/m1/s1. The maximum atomic E-state index is 5.29. The molecule has 0 spiro atoms. The quantitative estimate of drug-likeness (QED) is 0.756. The van der Waals surface area contributed by atoms with Crippen molar-refractivity contribution in [1.82, 2.24) is 25.2 Å². The summed E-state index contributed by atoms with van der Waals surface area (Å²) in [7, 11) is 0. The third kappa shape index (κ3) is 3.59. The Balaban J connectivity index is 1.54. The minimum absolute atomic E-state index is 0.262. The lowest BCUT2D eigenvalue weighted by molar-refractivity contribution is 0.407. The van der Waals surface area contributed by atoms with Gasteiger partial charge in [0.25, 0.3) is 5.89 Å². The molecular formula is C16H19N5O. The molecule has 6 nitrogen and oxygen atoms in total. The highest BCUT2D eigenvalue weighted by atomic mass is 16.5. The molecule has 1 aromatic carbocycles. The zero-order chi connectivity index (χ0) is 15.4. The number of hydrogen-bond acceptors (Lipinski definition) is 5. The van der Waals surface area contributed by atoms with Gasteiger partial charge in [-0.05, 0) is 31.5 Å². The highest BCUT2D eigenvalue weighted by Crippen LogP contribution is 2.15. The van der Waals surface area contributed by atoms with Crippen LogP contribution in [0.5, 0.6) is 0 Å². The molecule has 0 aliphatic heterocycles. The van der Waals surface area contributed by atoms with Crippen molar-refractivity contribution in [3.63, 3.8) is 0 Å². The third-order valence-electron chi connectivity index (χ3n) is 3.32. The summed E-state index contributed by atoms with van der Waals surface area (Å²) in [6, 6.07) is 10.0. The van der Waals surface area contributed by atoms with Crippen molar-refractivity contribution in [2.45, 2.75) is 33.0 Å². The molecule has 0 saturated heterocycles. The second kappa shape index (κ2) is 6.53. The van der Waals surface area contributed by atoms with Crippen LogP contribution in [0.2, 0.25) is 0 Å². The van der Waals surface area contributed by atoms with E-state index in [4.69, 9.17) is 4.52 Å². The number of aromatic nitrogens is 4. The average Bonchev–Trinajstić information content (AvgIpc) is 3.15. The van der Waals surface area contributed by atoms with E-state index in [1.165, 1.54) is 0 Å². The minimum Gasteiger partial charge on any atom is -0.334 e. The number of benzene rings is 1. The van der Waals surface area contributed by atoms with Gasteiger partial charge in [-0.25, -0.2) is 0 Å². The van der Waals surface area contributed by atoms with Crippen LogP contribution in [0.4, 0.5) is 0 Å². The van der Waals surface area contributed by atoms with Gasteiger partial charge in [-0.3, -0.25) is 4.68 Å². The summed E-state index contributed by atoms with van der Waals surface area (Å²) in [5.74, 6) is 1.20. The molecular weight excluding hydrogens is 278 g/mol. The summed E-state index contributed by atoms with van der Waals surface area (Å²) in [5, 5.41) is 11.7. The summed E-state index contributed by atoms with van der Waals surface area (Å²) in [4.78, 5) is 4.40. The summed E-state index contributed by atoms with van der Waals surface area (Å²) >= 11 is 0. The zero-order valence-corrected chi connectivity index (χ0v) is 12.7. The predicted octanol–water partition coefficient (Wildman–Crippen LogP) is 2.42. The van der Waals surface area contributed by atoms with Crippen molar-refractivity contribution in [1.29, 1.82) is 0 Å². The largest absolute Gasteiger partial charge is 0.334 e. The molecule has 114 valence electrons. The summed E-state index contributed by atoms with van der Waals surface area (Å²) in [6.07, 6.45) is 3.89. The zero-order valence-electron chi connectivity index (χ0n) is 12.7. The fraction of sp³-hybridized carbons (Fsp3) is 0.312. The molecule has 0 aliphatic carbocycles. The first-order valence-corrected chi connectivity index (χ1v) is 7.31. The third-order valence-corrected chi connectivity index (χ3v) is 3.32. The van der Waals surface area contributed by atoms with Crippen LogP contribution < -0.4 is 5.32 Å². The van der Waals surface area contributed by atoms with Crippen LogP contribution in [-0.4, -0.2) is 26.0 Å². The normalized spacial score (nSPS) is 12.5. The topological polar surface area (TPSA) is 68.8 Å². The second-order valence-corrected chi connectivity index (χ2v) is 5.40. The molecule has 0 aliphatic rings. The van der Waals surface area contributed by atoms with Gasteiger partial charge in [-0.15, -0.1) is 0 Å². The average molecular weight is 297 g/mol. The fourth-order valence-electron chi connectivity index (χ4n) is 2.20. The first-order valence-electron chi connectivity index (χ1n) is 7.31. The Bertz CT molecular complexity index is 719. The van der Waals surface area contributed by atoms with Crippen molar-refractivity contribution < 1.29 is 4.52 Å². The second-order valence-electron chi connectivity index (χ2n) is 5.40. The SMILES string of the molecule is Cc1cnn(C[C@@H](C)NCc2noc(-c3ccccc3)n2)c1. The van der Waals surface area contributed by atoms with Crippen LogP contribution in [0, 0.1) is 6.92 Å². The maximum absolute atomic E-state index is 5.29. The van der Waals surface area contributed by atoms with Gasteiger partial charge in [0.2, 0.25) is 0 Å². The fourth-order valence-corrected chi connectivity index (χ4v) is 2.20. The number of nitrogens with one attached hydrogen (secondary N) is 1. The van der Waals surface area contributed by atoms with Crippen LogP contribution in [0.3, 0.4) is 0 Å². The first kappa shape index (κ1) is 14.5. The van der Waals surface area contributed by atoms with Gasteiger partial charge in [-0.1, -0.05) is 23.4 Å². The van der Waals surface area contributed by atoms with Gasteiger partial charge in [-0.2, -0.15) is 10.1 Å². The molecule has 0 radical (unpaired) electrons. The van der Waals surface area contributed by atoms with Crippen molar-refractivity contribution in [2.24, 2.45) is 0 Å². The van der Waals surface area contributed by atoms with Gasteiger partial charge in [0, 0.05) is 17.8 Å². The van der Waals surface area contributed by atoms with E-state index in [0.717, 1.165) is 17.7 Å². The molecule has 2 aromatic heterocycles. The van der Waals surface area contributed by atoms with Gasteiger partial charge in [0.1, 0.15) is 0 Å². The summed E-state index contributed by atoms with van der Waals surface area (Å²) in [6.45, 7) is 5.51. The Kier molecular flexibility index (Phi) is 4.29. The molecule has 1 atom stereocenters. The molecule has 22 heavy (non-hydrogen) atoms. The Morgan fingerprint density at radius 3 is 2.82 bits per heavy atom. The molecule has 0 bridgehead atoms. The van der Waals surface area contributed by atoms with E-state index >= 15 is 0 Å². The molecule has 6 heteroatoms. The van der Waals surface area contributed by atoms with Gasteiger partial charge in [0.05, 0.1) is 19.3 Å². The summed E-state index contributed by atoms with van der Waals surface area (Å²) in [5.41, 5.74) is 2.10. The molecule has 0 amide bonds. The Hall–Kier alpha value is -2.47. The lowest BCUT2D eigenvalue weighted by atomic mass is 10.2. The summed E-state index contributed by atoms with van der Waals surface area (Å²) < 4.78 is 7.22. The lowest BCUT2D eigenvalue weighted by Gasteiger charge is -2.12. The van der Waals surface area contributed by atoms with Crippen LogP contribution in [0.25, 0.3) is 11.5 Å². The predicted molar refractivity (Wildman–Crippen MR) is 83.0 cm³/mol. The van der Waals surface area contributed by atoms with E-state index in [-0.39, 0.29) is 6.04 Å². The Labute approximate surface area is 129 Å². The van der Waals surface area contributed by atoms with E-state index in [1.54, 1.807) is 0 Å². The number of nitrogens with zero attached hydrogens (tertiary/aromatic N) is 4. The molecule has 3 aromatic rings. The van der Waals surface area contributed by atoms with E-state index < -0.39 is 0 Å². The highest BCUT2D eigenvalue weighted by Gasteiger charge is 2.10. The maximum Gasteiger partial charge on any atom is 0.257 e. The minimum atomic E-state index is 0.262. The van der Waals surface area contributed by atoms with Crippen molar-refractivity contribution in [2.75, 3.05) is 0 Å². The van der Waals surface area contributed by atoms with Crippen molar-refractivity contribution >= 4 is 0 Å². The first-order chi connectivity index (χ1) is 10.7. The van der Waals surface area contributed by atoms with Crippen LogP contribution in [0.1, 0.15) is 18.3 Å². The van der Waals surface area contributed by atoms with Crippen molar-refractivity contribution in [3.05, 3.63) is 54.1 Å². The number of aryl methyl sites for hydroxylation is 1. The molecule has 1 N–H and O–H groups in total. The van der Waals surface area contributed by atoms with Crippen molar-refractivity contribution in [3.8, 4) is 11.5 Å². The molecule has 0 fully saturated rings. The monoisotopic (exact) mass is 297 g/mol. The molecule has 2 heterocycles. The molecule has 0 saturated carbocycles. The molecule has 0 unspecified atom stereocenters. The number of rotatable bonds is 6. The van der Waals surface area contributed by atoms with E-state index in [9.17, 15) is 0 Å². The number of hydrogen-bond donors (Lipinski definition) is 1. The molecule has 3 rings (SSSR count). The van der Waals surface area contributed by atoms with E-state index in [1.807, 2.05) is 54.3 Å². The van der Waals surface area contributed by atoms with Crippen LogP contribution in [0.15, 0.2) is 47.2 Å². The van der Waals surface area contributed by atoms with Crippen LogP contribution in [-0.2, 0) is 13.1 Å². The van der Waals surface area contributed by atoms with Gasteiger partial charge < -0.3 is 9.84 Å².